The highest BCUT2D eigenvalue weighted by molar-refractivity contribution is 5.83. The molecule has 0 amide bonds. The Morgan fingerprint density at radius 1 is 1.30 bits per heavy atom. The fraction of sp³-hybridized carbons (Fsp3) is 0.765. The smallest absolute Gasteiger partial charge is 0.172 e. The van der Waals surface area contributed by atoms with E-state index in [1.54, 1.807) is 21.1 Å². The van der Waals surface area contributed by atoms with Crippen molar-refractivity contribution in [1.82, 2.24) is 5.16 Å². The second kappa shape index (κ2) is 7.93. The van der Waals surface area contributed by atoms with Crippen molar-refractivity contribution >= 4 is 11.6 Å². The Morgan fingerprint density at radius 3 is 2.39 bits per heavy atom. The van der Waals surface area contributed by atoms with Crippen LogP contribution in [0.5, 0.6) is 0 Å². The molecule has 0 aliphatic carbocycles. The van der Waals surface area contributed by atoms with Gasteiger partial charge in [-0.15, -0.1) is 0 Å². The van der Waals surface area contributed by atoms with E-state index in [-0.39, 0.29) is 23.9 Å². The molecule has 1 aliphatic rings. The first-order chi connectivity index (χ1) is 11.0. The first-order valence-corrected chi connectivity index (χ1v) is 8.25. The largest absolute Gasteiger partial charge is 0.358 e. The van der Waals surface area contributed by atoms with Crippen LogP contribution in [-0.2, 0) is 14.3 Å². The third-order valence-corrected chi connectivity index (χ3v) is 4.64. The summed E-state index contributed by atoms with van der Waals surface area (Å²) in [6.45, 7) is 7.41. The molecule has 0 aromatic carbocycles. The third-order valence-electron chi connectivity index (χ3n) is 4.64. The van der Waals surface area contributed by atoms with Gasteiger partial charge in [-0.05, 0) is 25.7 Å². The highest BCUT2D eigenvalue weighted by atomic mass is 16.7. The number of carbonyl (C=O) groups is 1. The number of aromatic nitrogens is 1. The molecule has 2 rings (SSSR count). The van der Waals surface area contributed by atoms with Crippen molar-refractivity contribution in [1.29, 1.82) is 0 Å². The van der Waals surface area contributed by atoms with E-state index >= 15 is 0 Å². The van der Waals surface area contributed by atoms with Crippen molar-refractivity contribution in [3.8, 4) is 0 Å². The summed E-state index contributed by atoms with van der Waals surface area (Å²) in [4.78, 5) is 14.0. The van der Waals surface area contributed by atoms with E-state index in [1.807, 2.05) is 19.9 Å². The molecular weight excluding hydrogens is 296 g/mol. The molecular formula is C17H28N2O4. The van der Waals surface area contributed by atoms with Crippen molar-refractivity contribution in [2.75, 3.05) is 32.2 Å². The van der Waals surface area contributed by atoms with Gasteiger partial charge < -0.3 is 18.9 Å². The van der Waals surface area contributed by atoms with Crippen LogP contribution in [0.25, 0.3) is 0 Å². The molecule has 0 saturated carbocycles. The molecule has 1 fully saturated rings. The van der Waals surface area contributed by atoms with E-state index in [0.717, 1.165) is 31.7 Å². The van der Waals surface area contributed by atoms with Crippen LogP contribution in [0.15, 0.2) is 10.6 Å². The van der Waals surface area contributed by atoms with Gasteiger partial charge in [0.1, 0.15) is 11.5 Å². The summed E-state index contributed by atoms with van der Waals surface area (Å²) in [5, 5.41) is 4.17. The minimum absolute atomic E-state index is 0.115. The van der Waals surface area contributed by atoms with Crippen LogP contribution in [0.1, 0.15) is 45.3 Å². The van der Waals surface area contributed by atoms with Crippen LogP contribution in [0.2, 0.25) is 0 Å². The van der Waals surface area contributed by atoms with Crippen LogP contribution < -0.4 is 4.90 Å². The lowest BCUT2D eigenvalue weighted by Gasteiger charge is -2.34. The van der Waals surface area contributed by atoms with Gasteiger partial charge in [-0.3, -0.25) is 4.79 Å². The number of hydrogen-bond donors (Lipinski definition) is 0. The molecule has 23 heavy (non-hydrogen) atoms. The lowest BCUT2D eigenvalue weighted by molar-refractivity contribution is -0.141. The zero-order valence-electron chi connectivity index (χ0n) is 14.7. The molecule has 6 nitrogen and oxygen atoms in total. The second-order valence-corrected chi connectivity index (χ2v) is 6.58. The molecule has 1 saturated heterocycles. The van der Waals surface area contributed by atoms with Crippen LogP contribution in [-0.4, -0.2) is 44.5 Å². The zero-order valence-corrected chi connectivity index (χ0v) is 14.7. The molecule has 1 aliphatic heterocycles. The van der Waals surface area contributed by atoms with Crippen LogP contribution in [0, 0.1) is 11.8 Å². The van der Waals surface area contributed by atoms with Crippen molar-refractivity contribution in [2.45, 2.75) is 45.8 Å². The maximum Gasteiger partial charge on any atom is 0.172 e. The lowest BCUT2D eigenvalue weighted by atomic mass is 9.90. The first-order valence-electron chi connectivity index (χ1n) is 8.25. The molecule has 130 valence electrons. The van der Waals surface area contributed by atoms with Gasteiger partial charge in [0.25, 0.3) is 0 Å². The summed E-state index contributed by atoms with van der Waals surface area (Å²) in [6.07, 6.45) is 1.82. The second-order valence-electron chi connectivity index (χ2n) is 6.58. The van der Waals surface area contributed by atoms with Gasteiger partial charge in [-0.25, -0.2) is 0 Å². The maximum atomic E-state index is 11.8. The molecule has 2 heterocycles. The normalized spacial score (nSPS) is 18.0. The van der Waals surface area contributed by atoms with E-state index < -0.39 is 0 Å². The van der Waals surface area contributed by atoms with Gasteiger partial charge in [0.15, 0.2) is 12.1 Å². The number of methoxy groups -OCH3 is 2. The Morgan fingerprint density at radius 2 is 1.91 bits per heavy atom. The van der Waals surface area contributed by atoms with E-state index in [0.29, 0.717) is 11.7 Å². The van der Waals surface area contributed by atoms with Crippen LogP contribution >= 0.6 is 0 Å². The van der Waals surface area contributed by atoms with Gasteiger partial charge in [-0.2, -0.15) is 0 Å². The number of nitrogens with zero attached hydrogens (tertiary/aromatic N) is 2. The highest BCUT2D eigenvalue weighted by Gasteiger charge is 2.30. The number of carbonyl (C=O) groups excluding carboxylic acids is 1. The van der Waals surface area contributed by atoms with Gasteiger partial charge in [0, 0.05) is 39.3 Å². The van der Waals surface area contributed by atoms with Crippen molar-refractivity contribution in [3.63, 3.8) is 0 Å². The molecule has 0 bridgehead atoms. The Balaban J connectivity index is 2.01. The Labute approximate surface area is 138 Å². The Kier molecular flexibility index (Phi) is 6.18. The summed E-state index contributed by atoms with van der Waals surface area (Å²) >= 11 is 0. The van der Waals surface area contributed by atoms with E-state index in [9.17, 15) is 4.79 Å². The van der Waals surface area contributed by atoms with Gasteiger partial charge in [-0.1, -0.05) is 19.0 Å². The van der Waals surface area contributed by atoms with Crippen molar-refractivity contribution in [2.24, 2.45) is 11.8 Å². The zero-order chi connectivity index (χ0) is 17.0. The number of Topliss-reactive ketones (excluding diaryl/α,β-unsaturated/α-hetero) is 1. The first kappa shape index (κ1) is 17.9. The molecule has 0 radical (unpaired) electrons. The van der Waals surface area contributed by atoms with E-state index in [4.69, 9.17) is 14.0 Å². The lowest BCUT2D eigenvalue weighted by Crippen LogP contribution is -2.39. The SMILES string of the molecule is COC(OC)C1CCN(c2cc(C(C(C)=O)C(C)C)on2)CC1. The van der Waals surface area contributed by atoms with Crippen molar-refractivity contribution in [3.05, 3.63) is 11.8 Å². The predicted molar refractivity (Wildman–Crippen MR) is 87.5 cm³/mol. The molecule has 6 heteroatoms. The maximum absolute atomic E-state index is 11.8. The summed E-state index contributed by atoms with van der Waals surface area (Å²) < 4.78 is 16.2. The standard InChI is InChI=1S/C17H28N2O4/c1-11(2)16(12(3)20)14-10-15(18-23-14)19-8-6-13(7-9-19)17(21-4)22-5/h10-11,13,16-17H,6-9H2,1-5H3. The molecule has 0 N–H and O–H groups in total. The molecule has 1 unspecified atom stereocenters. The number of piperidine rings is 1. The number of ketones is 1. The van der Waals surface area contributed by atoms with Gasteiger partial charge in [0.2, 0.25) is 0 Å². The average Bonchev–Trinajstić information content (AvgIpc) is 2.98. The summed E-state index contributed by atoms with van der Waals surface area (Å²) in [5.74, 6) is 1.97. The fourth-order valence-electron chi connectivity index (χ4n) is 3.46. The minimum Gasteiger partial charge on any atom is -0.358 e. The summed E-state index contributed by atoms with van der Waals surface area (Å²) in [7, 11) is 3.36. The van der Waals surface area contributed by atoms with E-state index in [2.05, 4.69) is 10.1 Å². The molecule has 0 spiro atoms. The van der Waals surface area contributed by atoms with Crippen molar-refractivity contribution < 1.29 is 18.8 Å². The number of rotatable bonds is 7. The third kappa shape index (κ3) is 4.12. The quantitative estimate of drug-likeness (QED) is 0.719. The summed E-state index contributed by atoms with van der Waals surface area (Å²) in [5.41, 5.74) is 0. The topological polar surface area (TPSA) is 64.8 Å². The predicted octanol–water partition coefficient (Wildman–Crippen LogP) is 2.84. The molecule has 1 aromatic rings. The average molecular weight is 324 g/mol. The molecule has 1 atom stereocenters. The Bertz CT molecular complexity index is 502. The van der Waals surface area contributed by atoms with E-state index in [1.165, 1.54) is 0 Å². The van der Waals surface area contributed by atoms with Crippen LogP contribution in [0.4, 0.5) is 5.82 Å². The fourth-order valence-corrected chi connectivity index (χ4v) is 3.46. The van der Waals surface area contributed by atoms with Gasteiger partial charge >= 0.3 is 0 Å². The number of ether oxygens (including phenoxy) is 2. The molecule has 1 aromatic heterocycles. The van der Waals surface area contributed by atoms with Gasteiger partial charge in [0.05, 0.1) is 5.92 Å². The monoisotopic (exact) mass is 324 g/mol. The summed E-state index contributed by atoms with van der Waals surface area (Å²) in [6, 6.07) is 1.91. The highest BCUT2D eigenvalue weighted by Crippen LogP contribution is 2.31. The van der Waals surface area contributed by atoms with Crippen LogP contribution in [0.3, 0.4) is 0 Å². The number of anilines is 1. The minimum atomic E-state index is -0.222. The Hall–Kier alpha value is -1.40. The number of hydrogen-bond acceptors (Lipinski definition) is 6.